The molecule has 20 atom stereocenters. The third-order valence-corrected chi connectivity index (χ3v) is 28.5. The predicted molar refractivity (Wildman–Crippen MR) is 328 cm³/mol. The van der Waals surface area contributed by atoms with Crippen molar-refractivity contribution in [3.8, 4) is 0 Å². The largest absolute Gasteiger partial charge is 0.468 e. The smallest absolute Gasteiger partial charge is 0.319 e. The first-order valence-corrected chi connectivity index (χ1v) is 32.4. The lowest BCUT2D eigenvalue weighted by atomic mass is 9.32. The third kappa shape index (κ3) is 10.5. The van der Waals surface area contributed by atoms with E-state index in [4.69, 9.17) is 19.9 Å². The third-order valence-electron chi connectivity index (χ3n) is 28.5. The van der Waals surface area contributed by atoms with Gasteiger partial charge in [-0.3, -0.25) is 19.2 Å². The van der Waals surface area contributed by atoms with Crippen LogP contribution in [0.1, 0.15) is 225 Å². The topological polar surface area (TPSA) is 160 Å². The molecule has 0 unspecified atom stereocenters. The van der Waals surface area contributed by atoms with Crippen molar-refractivity contribution in [1.82, 2.24) is 5.32 Å². The van der Waals surface area contributed by atoms with Gasteiger partial charge in [0.05, 0.1) is 27.3 Å². The van der Waals surface area contributed by atoms with Gasteiger partial charge in [0, 0.05) is 36.6 Å². The number of carbonyl (C=O) groups excluding carboxylic acids is 5. The normalized spacial score (nSPS) is 45.9. The summed E-state index contributed by atoms with van der Waals surface area (Å²) in [5.41, 5.74) is 9.35. The molecule has 11 nitrogen and oxygen atoms in total. The maximum absolute atomic E-state index is 12.6. The van der Waals surface area contributed by atoms with Gasteiger partial charge in [0.2, 0.25) is 0 Å². The molecule has 0 bridgehead atoms. The van der Waals surface area contributed by atoms with E-state index in [0.29, 0.717) is 82.0 Å². The van der Waals surface area contributed by atoms with E-state index in [1.54, 1.807) is 13.8 Å². The first kappa shape index (κ1) is 66.8. The minimum atomic E-state index is -0.380. The van der Waals surface area contributed by atoms with Crippen LogP contribution in [-0.2, 0) is 42.9 Å². The molecular weight excluding hydrogens is 1050 g/mol. The number of ether oxygens (including phenoxy) is 4. The molecule has 0 amide bonds. The van der Waals surface area contributed by atoms with E-state index < -0.39 is 0 Å². The van der Waals surface area contributed by atoms with E-state index in [1.807, 2.05) is 0 Å². The lowest BCUT2D eigenvalue weighted by molar-refractivity contribution is -0.249. The lowest BCUT2D eigenvalue weighted by Gasteiger charge is -2.73. The first-order valence-electron chi connectivity index (χ1n) is 32.4. The van der Waals surface area contributed by atoms with Crippen LogP contribution in [0.2, 0.25) is 0 Å². The second-order valence-electron chi connectivity index (χ2n) is 32.0. The van der Waals surface area contributed by atoms with Crippen molar-refractivity contribution in [3.05, 3.63) is 24.3 Å². The van der Waals surface area contributed by atoms with Crippen molar-refractivity contribution in [2.24, 2.45) is 119 Å². The van der Waals surface area contributed by atoms with E-state index >= 15 is 0 Å². The summed E-state index contributed by atoms with van der Waals surface area (Å²) >= 11 is 0. The fraction of sp³-hybridized carbons (Fsp3) is 0.871. The van der Waals surface area contributed by atoms with Gasteiger partial charge in [0.15, 0.2) is 0 Å². The average molecular weight is 1160 g/mol. The summed E-state index contributed by atoms with van der Waals surface area (Å²) in [6.45, 7) is 43.1. The zero-order valence-electron chi connectivity index (χ0n) is 54.3. The number of nitrogens with two attached hydrogens (primary N) is 1. The van der Waals surface area contributed by atoms with Crippen LogP contribution in [-0.4, -0.2) is 76.2 Å². The molecule has 0 aromatic carbocycles. The highest BCUT2D eigenvalue weighted by molar-refractivity contribution is 5.85. The van der Waals surface area contributed by atoms with E-state index in [0.717, 1.165) is 45.1 Å². The molecule has 0 aromatic rings. The second-order valence-corrected chi connectivity index (χ2v) is 32.0. The molecule has 82 heavy (non-hydrogen) atoms. The number of methoxy groups -OCH3 is 2. The van der Waals surface area contributed by atoms with Crippen LogP contribution in [0.3, 0.4) is 0 Å². The minimum absolute atomic E-state index is 0. The van der Waals surface area contributed by atoms with Gasteiger partial charge >= 0.3 is 23.9 Å². The number of aldehydes is 1. The second kappa shape index (κ2) is 23.7. The number of rotatable bonds is 10. The van der Waals surface area contributed by atoms with Crippen molar-refractivity contribution in [3.63, 3.8) is 0 Å². The summed E-state index contributed by atoms with van der Waals surface area (Å²) in [7, 11) is 2.78. The van der Waals surface area contributed by atoms with Gasteiger partial charge in [-0.2, -0.15) is 0 Å². The Hall–Kier alpha value is -2.76. The number of hydrogen-bond donors (Lipinski definition) is 2. The Morgan fingerprint density at radius 3 is 1.37 bits per heavy atom. The molecule has 10 saturated carbocycles. The van der Waals surface area contributed by atoms with Gasteiger partial charge < -0.3 is 34.8 Å². The highest BCUT2D eigenvalue weighted by Gasteiger charge is 2.73. The molecule has 12 heteroatoms. The summed E-state index contributed by atoms with van der Waals surface area (Å²) in [5.74, 6) is 5.25. The van der Waals surface area contributed by atoms with Crippen LogP contribution in [0.5, 0.6) is 0 Å². The van der Waals surface area contributed by atoms with Crippen molar-refractivity contribution < 1.29 is 42.9 Å². The van der Waals surface area contributed by atoms with Gasteiger partial charge in [-0.05, 0) is 239 Å². The molecule has 0 aliphatic heterocycles. The molecule has 10 aliphatic rings. The molecule has 466 valence electrons. The Balaban J connectivity index is 0.000000214. The zero-order valence-corrected chi connectivity index (χ0v) is 55.2. The number of nitrogens with one attached hydrogen (secondary N) is 1. The summed E-state index contributed by atoms with van der Waals surface area (Å²) in [5, 5.41) is 3.53. The predicted octanol–water partition coefficient (Wildman–Crippen LogP) is 14.7. The quantitative estimate of drug-likeness (QED) is 0.0927. The van der Waals surface area contributed by atoms with Crippen LogP contribution in [0.25, 0.3) is 0 Å². The summed E-state index contributed by atoms with van der Waals surface area (Å²) in [6, 6.07) is 0. The summed E-state index contributed by atoms with van der Waals surface area (Å²) in [6.07, 6.45) is 25.4. The summed E-state index contributed by atoms with van der Waals surface area (Å²) < 4.78 is 20.9. The standard InChI is InChI=1S/C35H57NO4.C32H50O3.C3H7NO2.ClH/c1-22(2)24-12-17-35(21-36-20-29(38)39-9)19-18-33(7)25(30(24)35)10-11-27-32(6)15-14-28(40-23(3)37)31(4,5)26(32)13-16-34(27,33)8;1-20(2)22-11-16-32(19-33)18-17-30(7)23(27(22)32)9-10-25-29(6)14-13-26(35-21(3)34)28(4,5)24(29)12-15-31(25,30)8;1-6-3(5)2-4;/h24-28,30,36H,1,10-21H2,2-9H3;19,22-27H,1,9-18H2,2-8H3;2,4H2,1H3;1H/t24-,25+,26-,27+,28-,30+,32-,33+,34+,35+;22-,23+,24-,25+,26-,27+,29-,30+,31+,32+;;/m00../s1. The molecule has 0 radical (unpaired) electrons. The van der Waals surface area contributed by atoms with Gasteiger partial charge in [-0.15, -0.1) is 12.4 Å². The van der Waals surface area contributed by atoms with Crippen LogP contribution >= 0.6 is 12.4 Å². The molecule has 0 aromatic heterocycles. The van der Waals surface area contributed by atoms with Crippen molar-refractivity contribution in [2.75, 3.05) is 33.9 Å². The highest BCUT2D eigenvalue weighted by Crippen LogP contribution is 2.80. The van der Waals surface area contributed by atoms with Crippen molar-refractivity contribution in [2.45, 2.75) is 238 Å². The molecule has 0 heterocycles. The Labute approximate surface area is 503 Å². The van der Waals surface area contributed by atoms with Crippen molar-refractivity contribution >= 4 is 42.6 Å². The number of hydrogen-bond acceptors (Lipinski definition) is 11. The van der Waals surface area contributed by atoms with E-state index in [-0.39, 0.29) is 92.9 Å². The van der Waals surface area contributed by atoms with Gasteiger partial charge in [0.25, 0.3) is 0 Å². The fourth-order valence-corrected chi connectivity index (χ4v) is 24.3. The number of allylic oxidation sites excluding steroid dienone is 2. The average Bonchev–Trinajstić information content (AvgIpc) is 0.971. The van der Waals surface area contributed by atoms with Gasteiger partial charge in [0.1, 0.15) is 18.5 Å². The molecular formula is C70H115ClN2O9. The monoisotopic (exact) mass is 1160 g/mol. The zero-order chi connectivity index (χ0) is 59.9. The molecule has 10 fully saturated rings. The van der Waals surface area contributed by atoms with Crippen molar-refractivity contribution in [1.29, 1.82) is 0 Å². The van der Waals surface area contributed by atoms with E-state index in [1.165, 1.54) is 122 Å². The molecule has 10 rings (SSSR count). The molecule has 0 saturated heterocycles. The fourth-order valence-electron chi connectivity index (χ4n) is 24.3. The minimum Gasteiger partial charge on any atom is -0.468 e. The number of esters is 4. The van der Waals surface area contributed by atoms with Gasteiger partial charge in [-0.1, -0.05) is 93.5 Å². The Kier molecular flexibility index (Phi) is 19.3. The number of carbonyl (C=O) groups is 5. The maximum Gasteiger partial charge on any atom is 0.319 e. The van der Waals surface area contributed by atoms with E-state index in [9.17, 15) is 24.0 Å². The van der Waals surface area contributed by atoms with Crippen LogP contribution in [0.4, 0.5) is 0 Å². The number of fused-ring (bicyclic) bond motifs is 14. The molecule has 10 aliphatic carbocycles. The van der Waals surface area contributed by atoms with Gasteiger partial charge in [-0.25, -0.2) is 0 Å². The van der Waals surface area contributed by atoms with Crippen LogP contribution in [0, 0.1) is 113 Å². The Morgan fingerprint density at radius 1 is 0.512 bits per heavy atom. The molecule has 0 spiro atoms. The molecule has 3 N–H and O–H groups in total. The highest BCUT2D eigenvalue weighted by atomic mass is 35.5. The first-order chi connectivity index (χ1) is 37.7. The Morgan fingerprint density at radius 2 is 0.951 bits per heavy atom. The van der Waals surface area contributed by atoms with Crippen LogP contribution < -0.4 is 11.1 Å². The maximum atomic E-state index is 12.6. The Bertz CT molecular complexity index is 2420. The number of halogens is 1. The van der Waals surface area contributed by atoms with E-state index in [2.05, 4.69) is 106 Å². The summed E-state index contributed by atoms with van der Waals surface area (Å²) in [4.78, 5) is 58.2. The SMILES string of the molecule is C=C(C)[C@@H]1CC[C@]2(C=O)CC[C@]3(C)[C@H](CC[C@@H]4[C@@]5(C)CC[C@H](OC(C)=O)C(C)(C)[C@@H]5CC[C@]43C)[C@@H]12.C=C(C)[C@@H]1CC[C@]2(CNCC(=O)OC)CC[C@]3(C)[C@H](CC[C@@H]4[C@@]5(C)CC[C@H](OC(C)=O)C(C)(C)[C@@H]5CC[C@]43C)[C@@H]12.COC(=O)CN.Cl. The lowest BCUT2D eigenvalue weighted by Crippen LogP contribution is -2.67. The van der Waals surface area contributed by atoms with Crippen LogP contribution in [0.15, 0.2) is 24.3 Å².